The van der Waals surface area contributed by atoms with Gasteiger partial charge in [-0.25, -0.2) is 9.37 Å². The maximum atomic E-state index is 13.1. The number of pyridine rings is 1. The molecule has 1 aromatic heterocycles. The molecule has 0 unspecified atom stereocenters. The molecule has 0 atom stereocenters. The van der Waals surface area contributed by atoms with Crippen molar-refractivity contribution >= 4 is 11.6 Å². The number of halogens is 2. The van der Waals surface area contributed by atoms with Crippen LogP contribution in [0.3, 0.4) is 0 Å². The van der Waals surface area contributed by atoms with Crippen molar-refractivity contribution in [2.75, 3.05) is 6.54 Å². The average Bonchev–Trinajstić information content (AvgIpc) is 2.20. The Labute approximate surface area is 90.7 Å². The van der Waals surface area contributed by atoms with E-state index in [0.717, 1.165) is 6.07 Å². The molecule has 1 rings (SSSR count). The van der Waals surface area contributed by atoms with Gasteiger partial charge in [0, 0.05) is 24.1 Å². The predicted octanol–water partition coefficient (Wildman–Crippen LogP) is 2.93. The second-order valence-electron chi connectivity index (χ2n) is 2.49. The first-order valence-electron chi connectivity index (χ1n) is 4.05. The van der Waals surface area contributed by atoms with Gasteiger partial charge in [-0.15, -0.1) is 0 Å². The van der Waals surface area contributed by atoms with Gasteiger partial charge in [0.1, 0.15) is 5.69 Å². The van der Waals surface area contributed by atoms with Gasteiger partial charge in [0.05, 0.1) is 5.02 Å². The summed E-state index contributed by atoms with van der Waals surface area (Å²) >= 11 is 5.51. The molecule has 0 spiro atoms. The van der Waals surface area contributed by atoms with E-state index in [-0.39, 0.29) is 17.3 Å². The van der Waals surface area contributed by atoms with Gasteiger partial charge in [0.15, 0.2) is 5.82 Å². The molecule has 0 aliphatic rings. The molecule has 0 amide bonds. The maximum absolute atomic E-state index is 13.1. The fourth-order valence-corrected chi connectivity index (χ4v) is 0.948. The van der Waals surface area contributed by atoms with Gasteiger partial charge >= 0.3 is 0 Å². The maximum Gasteiger partial charge on any atom is 0.158 e. The quantitative estimate of drug-likeness (QED) is 0.250. The van der Waals surface area contributed by atoms with Crippen molar-refractivity contribution in [2.24, 2.45) is 5.11 Å². The third-order valence-electron chi connectivity index (χ3n) is 1.41. The van der Waals surface area contributed by atoms with E-state index in [1.807, 2.05) is 0 Å². The van der Waals surface area contributed by atoms with Crippen molar-refractivity contribution in [3.63, 3.8) is 0 Å². The van der Waals surface area contributed by atoms with E-state index >= 15 is 0 Å². The first kappa shape index (κ1) is 11.3. The fourth-order valence-electron chi connectivity index (χ4n) is 0.803. The number of hydrogen-bond acceptors (Lipinski definition) is 2. The summed E-state index contributed by atoms with van der Waals surface area (Å²) in [7, 11) is 0. The minimum absolute atomic E-state index is 0.0420. The largest absolute Gasteiger partial charge is 0.243 e. The summed E-state index contributed by atoms with van der Waals surface area (Å²) < 4.78 is 13.1. The molecule has 0 saturated heterocycles. The highest BCUT2D eigenvalue weighted by atomic mass is 35.5. The number of hydrogen-bond donors (Lipinski definition) is 0. The summed E-state index contributed by atoms with van der Waals surface area (Å²) in [5.74, 6) is 4.60. The van der Waals surface area contributed by atoms with Crippen LogP contribution in [0.5, 0.6) is 0 Å². The van der Waals surface area contributed by atoms with E-state index in [1.165, 1.54) is 6.20 Å². The SMILES string of the molecule is [N-]=[N+]=NCCC#Cc1ncc(Cl)cc1F. The second kappa shape index (κ2) is 5.86. The van der Waals surface area contributed by atoms with Crippen LogP contribution in [0.25, 0.3) is 10.4 Å². The van der Waals surface area contributed by atoms with Crippen molar-refractivity contribution < 1.29 is 4.39 Å². The van der Waals surface area contributed by atoms with Gasteiger partial charge in [-0.3, -0.25) is 0 Å². The lowest BCUT2D eigenvalue weighted by Crippen LogP contribution is -1.88. The molecule has 6 heteroatoms. The topological polar surface area (TPSA) is 61.7 Å². The molecule has 0 aliphatic carbocycles. The highest BCUT2D eigenvalue weighted by molar-refractivity contribution is 6.30. The molecule has 0 N–H and O–H groups in total. The van der Waals surface area contributed by atoms with Crippen LogP contribution in [0.15, 0.2) is 17.4 Å². The monoisotopic (exact) mass is 224 g/mol. The molecular formula is C9H6ClFN4. The molecule has 4 nitrogen and oxygen atoms in total. The van der Waals surface area contributed by atoms with Gasteiger partial charge in [-0.2, -0.15) is 0 Å². The summed E-state index contributed by atoms with van der Waals surface area (Å²) in [5, 5.41) is 3.51. The third kappa shape index (κ3) is 3.86. The molecule has 0 radical (unpaired) electrons. The van der Waals surface area contributed by atoms with Gasteiger partial charge in [0.25, 0.3) is 0 Å². The zero-order valence-corrected chi connectivity index (χ0v) is 8.37. The summed E-state index contributed by atoms with van der Waals surface area (Å²) in [4.78, 5) is 6.27. The highest BCUT2D eigenvalue weighted by Gasteiger charge is 2.00. The zero-order valence-electron chi connectivity index (χ0n) is 7.61. The minimum atomic E-state index is -0.557. The van der Waals surface area contributed by atoms with Crippen molar-refractivity contribution in [1.29, 1.82) is 0 Å². The molecule has 1 heterocycles. The first-order valence-corrected chi connectivity index (χ1v) is 4.42. The normalized spacial score (nSPS) is 8.67. The van der Waals surface area contributed by atoms with Crippen LogP contribution in [0, 0.1) is 17.7 Å². The van der Waals surface area contributed by atoms with Crippen LogP contribution in [-0.2, 0) is 0 Å². The van der Waals surface area contributed by atoms with Crippen molar-refractivity contribution in [1.82, 2.24) is 4.98 Å². The van der Waals surface area contributed by atoms with E-state index in [4.69, 9.17) is 17.1 Å². The Bertz CT molecular complexity index is 457. The Balaban J connectivity index is 2.67. The molecule has 1 aromatic rings. The Morgan fingerprint density at radius 2 is 2.47 bits per heavy atom. The highest BCUT2D eigenvalue weighted by Crippen LogP contribution is 2.10. The number of azide groups is 1. The standard InChI is InChI=1S/C9H6ClFN4/c10-7-5-8(11)9(13-6-7)3-1-2-4-14-15-12/h5-6H,2,4H2. The molecule has 0 fully saturated rings. The van der Waals surface area contributed by atoms with Crippen LogP contribution in [0.4, 0.5) is 4.39 Å². The van der Waals surface area contributed by atoms with Crippen LogP contribution in [0.1, 0.15) is 12.1 Å². The summed E-state index contributed by atoms with van der Waals surface area (Å²) in [6.45, 7) is 0.263. The van der Waals surface area contributed by atoms with Gasteiger partial charge in [-0.1, -0.05) is 22.6 Å². The van der Waals surface area contributed by atoms with Crippen LogP contribution < -0.4 is 0 Å². The number of aromatic nitrogens is 1. The van der Waals surface area contributed by atoms with Crippen LogP contribution in [-0.4, -0.2) is 11.5 Å². The summed E-state index contributed by atoms with van der Waals surface area (Å²) in [5.41, 5.74) is 8.02. The van der Waals surface area contributed by atoms with E-state index in [2.05, 4.69) is 26.9 Å². The van der Waals surface area contributed by atoms with Crippen molar-refractivity contribution in [2.45, 2.75) is 6.42 Å². The molecule has 76 valence electrons. The van der Waals surface area contributed by atoms with Gasteiger partial charge in [0.2, 0.25) is 0 Å². The van der Waals surface area contributed by atoms with Gasteiger partial charge in [-0.05, 0) is 17.5 Å². The van der Waals surface area contributed by atoms with E-state index in [1.54, 1.807) is 0 Å². The summed E-state index contributed by atoms with van der Waals surface area (Å²) in [6.07, 6.45) is 1.69. The summed E-state index contributed by atoms with van der Waals surface area (Å²) in [6, 6.07) is 1.14. The molecule has 0 aliphatic heterocycles. The third-order valence-corrected chi connectivity index (χ3v) is 1.62. The lowest BCUT2D eigenvalue weighted by molar-refractivity contribution is 0.617. The Morgan fingerprint density at radius 1 is 1.67 bits per heavy atom. The Morgan fingerprint density at radius 3 is 3.13 bits per heavy atom. The van der Waals surface area contributed by atoms with Crippen molar-refractivity contribution in [3.8, 4) is 11.8 Å². The molecule has 15 heavy (non-hydrogen) atoms. The minimum Gasteiger partial charge on any atom is -0.243 e. The molecule has 0 bridgehead atoms. The molecule has 0 saturated carbocycles. The first-order chi connectivity index (χ1) is 7.24. The second-order valence-corrected chi connectivity index (χ2v) is 2.93. The molecule has 0 aromatic carbocycles. The Kier molecular flexibility index (Phi) is 4.42. The predicted molar refractivity (Wildman–Crippen MR) is 54.7 cm³/mol. The molecular weight excluding hydrogens is 219 g/mol. The smallest absolute Gasteiger partial charge is 0.158 e. The van der Waals surface area contributed by atoms with Crippen molar-refractivity contribution in [3.05, 3.63) is 39.2 Å². The van der Waals surface area contributed by atoms with Crippen LogP contribution >= 0.6 is 11.6 Å². The lowest BCUT2D eigenvalue weighted by Gasteiger charge is -1.92. The average molecular weight is 225 g/mol. The number of rotatable bonds is 2. The number of nitrogens with zero attached hydrogens (tertiary/aromatic N) is 4. The fraction of sp³-hybridized carbons (Fsp3) is 0.222. The lowest BCUT2D eigenvalue weighted by atomic mass is 10.3. The van der Waals surface area contributed by atoms with Crippen LogP contribution in [0.2, 0.25) is 5.02 Å². The van der Waals surface area contributed by atoms with E-state index < -0.39 is 5.82 Å². The zero-order chi connectivity index (χ0) is 11.1. The van der Waals surface area contributed by atoms with Gasteiger partial charge < -0.3 is 0 Å². The van der Waals surface area contributed by atoms with E-state index in [0.29, 0.717) is 6.42 Å². The Hall–Kier alpha value is -1.76. The van der Waals surface area contributed by atoms with E-state index in [9.17, 15) is 4.39 Å².